The summed E-state index contributed by atoms with van der Waals surface area (Å²) in [6, 6.07) is 13.0. The third kappa shape index (κ3) is 4.50. The third-order valence-corrected chi connectivity index (χ3v) is 4.76. The highest BCUT2D eigenvalue weighted by Gasteiger charge is 2.13. The lowest BCUT2D eigenvalue weighted by Crippen LogP contribution is -1.94. The van der Waals surface area contributed by atoms with Crippen molar-refractivity contribution in [1.82, 2.24) is 0 Å². The smallest absolute Gasteiger partial charge is 0.123 e. The Hall–Kier alpha value is -1.49. The summed E-state index contributed by atoms with van der Waals surface area (Å²) in [5.41, 5.74) is 4.23. The quantitative estimate of drug-likeness (QED) is 0.275. The monoisotopic (exact) mass is 424 g/mol. The minimum atomic E-state index is -0.249. The van der Waals surface area contributed by atoms with E-state index < -0.39 is 0 Å². The van der Waals surface area contributed by atoms with Crippen molar-refractivity contribution < 1.29 is 8.78 Å². The van der Waals surface area contributed by atoms with E-state index in [1.54, 1.807) is 24.3 Å². The SMILES string of the molecule is CC/C=C(CC)/C(=C(\I)c1ccc(F)cc1)c1ccc(F)cc1. The summed E-state index contributed by atoms with van der Waals surface area (Å²) in [6.07, 6.45) is 4.01. The molecule has 0 radical (unpaired) electrons. The number of benzene rings is 2. The van der Waals surface area contributed by atoms with Gasteiger partial charge in [-0.3, -0.25) is 0 Å². The molecule has 0 amide bonds. The van der Waals surface area contributed by atoms with Crippen LogP contribution in [0.3, 0.4) is 0 Å². The first kappa shape index (κ1) is 17.9. The summed E-state index contributed by atoms with van der Waals surface area (Å²) in [5.74, 6) is -0.497. The van der Waals surface area contributed by atoms with E-state index in [1.807, 2.05) is 0 Å². The molecule has 2 aromatic rings. The molecule has 0 saturated carbocycles. The normalized spacial score (nSPS) is 13.0. The largest absolute Gasteiger partial charge is 0.207 e. The first-order chi connectivity index (χ1) is 11.1. The highest BCUT2D eigenvalue weighted by Crippen LogP contribution is 2.38. The fourth-order valence-corrected chi connectivity index (χ4v) is 3.50. The van der Waals surface area contributed by atoms with Gasteiger partial charge in [0.2, 0.25) is 0 Å². The molecule has 0 fully saturated rings. The maximum absolute atomic E-state index is 13.3. The van der Waals surface area contributed by atoms with Crippen LogP contribution in [-0.2, 0) is 0 Å². The Labute approximate surface area is 150 Å². The van der Waals surface area contributed by atoms with Gasteiger partial charge in [0, 0.05) is 3.58 Å². The Morgan fingerprint density at radius 3 is 1.78 bits per heavy atom. The Morgan fingerprint density at radius 2 is 1.35 bits per heavy atom. The number of rotatable bonds is 5. The van der Waals surface area contributed by atoms with E-state index in [-0.39, 0.29) is 11.6 Å². The fraction of sp³-hybridized carbons (Fsp3) is 0.200. The molecular weight excluding hydrogens is 405 g/mol. The maximum atomic E-state index is 13.3. The van der Waals surface area contributed by atoms with E-state index >= 15 is 0 Å². The maximum Gasteiger partial charge on any atom is 0.123 e. The van der Waals surface area contributed by atoms with Crippen LogP contribution in [0.2, 0.25) is 0 Å². The highest BCUT2D eigenvalue weighted by molar-refractivity contribution is 14.1. The van der Waals surface area contributed by atoms with E-state index in [2.05, 4.69) is 42.5 Å². The zero-order valence-electron chi connectivity index (χ0n) is 13.2. The van der Waals surface area contributed by atoms with Crippen molar-refractivity contribution in [2.75, 3.05) is 0 Å². The number of hydrogen-bond acceptors (Lipinski definition) is 0. The lowest BCUT2D eigenvalue weighted by Gasteiger charge is -2.15. The van der Waals surface area contributed by atoms with Crippen molar-refractivity contribution in [2.45, 2.75) is 26.7 Å². The van der Waals surface area contributed by atoms with Crippen molar-refractivity contribution in [1.29, 1.82) is 0 Å². The van der Waals surface area contributed by atoms with E-state index in [9.17, 15) is 8.78 Å². The van der Waals surface area contributed by atoms with Crippen LogP contribution in [0, 0.1) is 11.6 Å². The second kappa shape index (κ2) is 8.39. The van der Waals surface area contributed by atoms with Crippen molar-refractivity contribution in [3.8, 4) is 0 Å². The van der Waals surface area contributed by atoms with Gasteiger partial charge in [-0.25, -0.2) is 8.78 Å². The summed E-state index contributed by atoms with van der Waals surface area (Å²) < 4.78 is 27.5. The summed E-state index contributed by atoms with van der Waals surface area (Å²) in [4.78, 5) is 0. The van der Waals surface area contributed by atoms with Gasteiger partial charge >= 0.3 is 0 Å². The lowest BCUT2D eigenvalue weighted by atomic mass is 9.93. The van der Waals surface area contributed by atoms with Crippen LogP contribution in [-0.4, -0.2) is 0 Å². The number of hydrogen-bond donors (Lipinski definition) is 0. The van der Waals surface area contributed by atoms with E-state index in [0.29, 0.717) is 0 Å². The number of allylic oxidation sites excluding steroid dienone is 3. The van der Waals surface area contributed by atoms with E-state index in [4.69, 9.17) is 0 Å². The molecule has 23 heavy (non-hydrogen) atoms. The first-order valence-electron chi connectivity index (χ1n) is 7.67. The molecular formula is C20H19F2I. The molecule has 0 aliphatic heterocycles. The van der Waals surface area contributed by atoms with E-state index in [0.717, 1.165) is 33.1 Å². The minimum Gasteiger partial charge on any atom is -0.207 e. The van der Waals surface area contributed by atoms with Gasteiger partial charge in [0.1, 0.15) is 11.6 Å². The second-order valence-electron chi connectivity index (χ2n) is 5.19. The molecule has 0 aliphatic carbocycles. The molecule has 0 saturated heterocycles. The highest BCUT2D eigenvalue weighted by atomic mass is 127. The molecule has 2 rings (SSSR count). The van der Waals surface area contributed by atoms with Gasteiger partial charge < -0.3 is 0 Å². The molecule has 0 spiro atoms. The van der Waals surface area contributed by atoms with Gasteiger partial charge in [0.25, 0.3) is 0 Å². The summed E-state index contributed by atoms with van der Waals surface area (Å²) in [7, 11) is 0. The van der Waals surface area contributed by atoms with Crippen LogP contribution in [0.4, 0.5) is 8.78 Å². The fourth-order valence-electron chi connectivity index (χ4n) is 2.48. The molecule has 0 bridgehead atoms. The third-order valence-electron chi connectivity index (χ3n) is 3.60. The van der Waals surface area contributed by atoms with Crippen LogP contribution < -0.4 is 0 Å². The molecule has 0 unspecified atom stereocenters. The molecule has 0 nitrogen and oxygen atoms in total. The van der Waals surface area contributed by atoms with Crippen molar-refractivity contribution >= 4 is 31.7 Å². The van der Waals surface area contributed by atoms with Gasteiger partial charge in [-0.2, -0.15) is 0 Å². The molecule has 0 heterocycles. The average Bonchev–Trinajstić information content (AvgIpc) is 2.56. The Balaban J connectivity index is 2.64. The van der Waals surface area contributed by atoms with Gasteiger partial charge in [-0.05, 0) is 82.0 Å². The van der Waals surface area contributed by atoms with Gasteiger partial charge in [0.15, 0.2) is 0 Å². The van der Waals surface area contributed by atoms with Crippen LogP contribution in [0.25, 0.3) is 9.15 Å². The van der Waals surface area contributed by atoms with Crippen molar-refractivity contribution in [2.24, 2.45) is 0 Å². The zero-order chi connectivity index (χ0) is 16.8. The Bertz CT molecular complexity index is 710. The topological polar surface area (TPSA) is 0 Å². The van der Waals surface area contributed by atoms with Crippen LogP contribution >= 0.6 is 22.6 Å². The van der Waals surface area contributed by atoms with Crippen molar-refractivity contribution in [3.63, 3.8) is 0 Å². The minimum absolute atomic E-state index is 0.248. The van der Waals surface area contributed by atoms with E-state index in [1.165, 1.54) is 29.8 Å². The second-order valence-corrected chi connectivity index (χ2v) is 6.27. The predicted octanol–water partition coefficient (Wildman–Crippen LogP) is 7.01. The van der Waals surface area contributed by atoms with Crippen LogP contribution in [0.5, 0.6) is 0 Å². The van der Waals surface area contributed by atoms with Crippen molar-refractivity contribution in [3.05, 3.63) is 82.9 Å². The summed E-state index contributed by atoms with van der Waals surface area (Å²) in [5, 5.41) is 0. The molecule has 0 N–H and O–H groups in total. The number of halogens is 3. The van der Waals surface area contributed by atoms with Gasteiger partial charge in [0.05, 0.1) is 0 Å². The lowest BCUT2D eigenvalue weighted by molar-refractivity contribution is 0.627. The predicted molar refractivity (Wildman–Crippen MR) is 102 cm³/mol. The first-order valence-corrected chi connectivity index (χ1v) is 8.75. The van der Waals surface area contributed by atoms with Gasteiger partial charge in [-0.15, -0.1) is 0 Å². The molecule has 120 valence electrons. The average molecular weight is 424 g/mol. The Morgan fingerprint density at radius 1 is 0.870 bits per heavy atom. The molecule has 0 atom stereocenters. The summed E-state index contributed by atoms with van der Waals surface area (Å²) >= 11 is 2.29. The van der Waals surface area contributed by atoms with Crippen LogP contribution in [0.1, 0.15) is 37.8 Å². The molecule has 0 aliphatic rings. The molecule has 3 heteroatoms. The summed E-state index contributed by atoms with van der Waals surface area (Å²) in [6.45, 7) is 4.21. The Kier molecular flexibility index (Phi) is 6.51. The standard InChI is InChI=1S/C20H19F2I/c1-3-5-14(4-2)19(15-6-10-17(21)11-7-15)20(23)16-8-12-18(22)13-9-16/h5-13H,3-4H2,1-2H3/b14-5+,20-19+. The van der Waals surface area contributed by atoms with Crippen LogP contribution in [0.15, 0.2) is 60.2 Å². The molecule has 0 aromatic heterocycles. The zero-order valence-corrected chi connectivity index (χ0v) is 15.4. The van der Waals surface area contributed by atoms with Gasteiger partial charge in [-0.1, -0.05) is 44.2 Å². The molecule has 2 aromatic carbocycles.